The highest BCUT2D eigenvalue weighted by Gasteiger charge is 2.34. The average molecular weight is 284 g/mol. The Bertz CT molecular complexity index is 795. The number of nitrogens with zero attached hydrogens (tertiary/aromatic N) is 1. The molecule has 2 amide bonds. The molecule has 2 aromatic rings. The van der Waals surface area contributed by atoms with E-state index in [1.165, 1.54) is 0 Å². The minimum Gasteiger partial charge on any atom is -0.395 e. The summed E-state index contributed by atoms with van der Waals surface area (Å²) in [6.45, 7) is 0.199. The van der Waals surface area contributed by atoms with Crippen molar-refractivity contribution in [3.63, 3.8) is 0 Å². The van der Waals surface area contributed by atoms with E-state index in [2.05, 4.69) is 0 Å². The van der Waals surface area contributed by atoms with Crippen LogP contribution in [0.25, 0.3) is 0 Å². The molecule has 106 valence electrons. The first-order chi connectivity index (χ1) is 10.0. The summed E-state index contributed by atoms with van der Waals surface area (Å²) in [5, 5.41) is 0. The fourth-order valence-corrected chi connectivity index (χ4v) is 2.56. The van der Waals surface area contributed by atoms with Gasteiger partial charge in [-0.1, -0.05) is 12.1 Å². The summed E-state index contributed by atoms with van der Waals surface area (Å²) in [4.78, 5) is 47.6. The third kappa shape index (κ3) is 1.87. The number of amides is 2. The molecule has 6 nitrogen and oxygen atoms in total. The van der Waals surface area contributed by atoms with E-state index in [9.17, 15) is 19.2 Å². The Kier molecular flexibility index (Phi) is 2.94. The lowest BCUT2D eigenvalue weighted by Gasteiger charge is -2.14. The van der Waals surface area contributed by atoms with Gasteiger partial charge in [0, 0.05) is 12.1 Å². The van der Waals surface area contributed by atoms with Gasteiger partial charge in [-0.3, -0.25) is 24.1 Å². The smallest absolute Gasteiger partial charge is 0.261 e. The highest BCUT2D eigenvalue weighted by Crippen LogP contribution is 2.22. The van der Waals surface area contributed by atoms with Gasteiger partial charge in [-0.15, -0.1) is 0 Å². The second kappa shape index (κ2) is 4.66. The summed E-state index contributed by atoms with van der Waals surface area (Å²) in [7, 11) is 0. The number of rotatable bonds is 4. The van der Waals surface area contributed by atoms with Crippen LogP contribution in [0.2, 0.25) is 0 Å². The molecular formula is C15H12N2O4. The summed E-state index contributed by atoms with van der Waals surface area (Å²) in [5.74, 6) is -0.651. The zero-order chi connectivity index (χ0) is 15.1. The molecule has 1 aliphatic rings. The lowest BCUT2D eigenvalue weighted by molar-refractivity contribution is 0.0652. The minimum absolute atomic E-state index is 0.00219. The van der Waals surface area contributed by atoms with Crippen molar-refractivity contribution >= 4 is 17.5 Å². The topological polar surface area (TPSA) is 97.5 Å². The Morgan fingerprint density at radius 2 is 1.48 bits per heavy atom. The second-order valence-electron chi connectivity index (χ2n) is 4.96. The zero-order valence-corrected chi connectivity index (χ0v) is 11.1. The van der Waals surface area contributed by atoms with Gasteiger partial charge in [-0.05, 0) is 25.0 Å². The van der Waals surface area contributed by atoms with Gasteiger partial charge in [0.2, 0.25) is 10.9 Å². The van der Waals surface area contributed by atoms with Crippen LogP contribution in [0.15, 0.2) is 33.9 Å². The maximum absolute atomic E-state index is 12.1. The van der Waals surface area contributed by atoms with Gasteiger partial charge < -0.3 is 5.73 Å². The van der Waals surface area contributed by atoms with Crippen molar-refractivity contribution < 1.29 is 9.59 Å². The predicted octanol–water partition coefficient (Wildman–Crippen LogP) is 0.0936. The van der Waals surface area contributed by atoms with Crippen LogP contribution in [0.3, 0.4) is 0 Å². The molecule has 0 aromatic heterocycles. The lowest BCUT2D eigenvalue weighted by atomic mass is 10.0. The number of imide groups is 1. The number of nitrogen functional groups attached to an aromatic ring is 1. The standard InChI is InChI=1S/C15H12N2O4/c16-11-10(12(18)13(11)19)6-3-7-17-14(20)8-4-1-2-5-9(8)15(17)21/h1-2,4-5H,3,6-7,16H2. The van der Waals surface area contributed by atoms with E-state index in [0.29, 0.717) is 29.5 Å². The van der Waals surface area contributed by atoms with Crippen LogP contribution in [0, 0.1) is 0 Å². The van der Waals surface area contributed by atoms with Crippen LogP contribution in [0.1, 0.15) is 32.7 Å². The summed E-state index contributed by atoms with van der Waals surface area (Å²) in [6.07, 6.45) is 0.699. The van der Waals surface area contributed by atoms with E-state index in [0.717, 1.165) is 4.90 Å². The predicted molar refractivity (Wildman–Crippen MR) is 75.9 cm³/mol. The highest BCUT2D eigenvalue weighted by atomic mass is 16.2. The first kappa shape index (κ1) is 13.2. The number of fused-ring (bicyclic) bond motifs is 1. The van der Waals surface area contributed by atoms with Gasteiger partial charge in [0.05, 0.1) is 16.8 Å². The largest absolute Gasteiger partial charge is 0.395 e. The Labute approximate surface area is 119 Å². The molecule has 0 saturated heterocycles. The van der Waals surface area contributed by atoms with Crippen molar-refractivity contribution in [3.05, 3.63) is 61.4 Å². The van der Waals surface area contributed by atoms with E-state index < -0.39 is 10.9 Å². The van der Waals surface area contributed by atoms with Crippen molar-refractivity contribution in [1.29, 1.82) is 0 Å². The number of nitrogens with two attached hydrogens (primary N) is 1. The Morgan fingerprint density at radius 3 is 2.00 bits per heavy atom. The van der Waals surface area contributed by atoms with Crippen LogP contribution < -0.4 is 16.6 Å². The van der Waals surface area contributed by atoms with E-state index in [-0.39, 0.29) is 24.0 Å². The van der Waals surface area contributed by atoms with Crippen molar-refractivity contribution in [2.45, 2.75) is 12.8 Å². The summed E-state index contributed by atoms with van der Waals surface area (Å²) < 4.78 is 0. The molecule has 21 heavy (non-hydrogen) atoms. The SMILES string of the molecule is Nc1c(CCCN2C(=O)c3ccccc3C2=O)c(=O)c1=O. The normalized spacial score (nSPS) is 14.0. The molecule has 0 spiro atoms. The van der Waals surface area contributed by atoms with E-state index in [1.807, 2.05) is 0 Å². The maximum Gasteiger partial charge on any atom is 0.261 e. The fraction of sp³-hybridized carbons (Fsp3) is 0.200. The highest BCUT2D eigenvalue weighted by molar-refractivity contribution is 6.21. The molecule has 0 unspecified atom stereocenters. The Morgan fingerprint density at radius 1 is 0.905 bits per heavy atom. The molecule has 1 heterocycles. The van der Waals surface area contributed by atoms with Crippen LogP contribution in [-0.2, 0) is 6.42 Å². The van der Waals surface area contributed by atoms with Gasteiger partial charge in [-0.25, -0.2) is 0 Å². The van der Waals surface area contributed by atoms with E-state index in [1.54, 1.807) is 24.3 Å². The van der Waals surface area contributed by atoms with E-state index >= 15 is 0 Å². The van der Waals surface area contributed by atoms with Gasteiger partial charge in [0.15, 0.2) is 0 Å². The summed E-state index contributed by atoms with van der Waals surface area (Å²) >= 11 is 0. The van der Waals surface area contributed by atoms with Gasteiger partial charge >= 0.3 is 0 Å². The summed E-state index contributed by atoms with van der Waals surface area (Å²) in [5.41, 5.74) is 5.33. The van der Waals surface area contributed by atoms with Crippen molar-refractivity contribution in [3.8, 4) is 0 Å². The van der Waals surface area contributed by atoms with Crippen molar-refractivity contribution in [1.82, 2.24) is 4.90 Å². The number of hydrogen-bond donors (Lipinski definition) is 1. The quantitative estimate of drug-likeness (QED) is 0.634. The number of carbonyl (C=O) groups excluding carboxylic acids is 2. The number of carbonyl (C=O) groups is 2. The third-order valence-corrected chi connectivity index (χ3v) is 3.74. The fourth-order valence-electron chi connectivity index (χ4n) is 2.56. The van der Waals surface area contributed by atoms with Crippen LogP contribution in [0.4, 0.5) is 5.69 Å². The Hall–Kier alpha value is -2.76. The summed E-state index contributed by atoms with van der Waals surface area (Å²) in [6, 6.07) is 6.64. The molecule has 0 radical (unpaired) electrons. The molecule has 3 rings (SSSR count). The van der Waals surface area contributed by atoms with Crippen molar-refractivity contribution in [2.24, 2.45) is 0 Å². The van der Waals surface area contributed by atoms with Gasteiger partial charge in [-0.2, -0.15) is 0 Å². The van der Waals surface area contributed by atoms with Crippen LogP contribution in [-0.4, -0.2) is 23.3 Å². The molecule has 0 aliphatic carbocycles. The zero-order valence-electron chi connectivity index (χ0n) is 11.1. The molecule has 2 N–H and O–H groups in total. The average Bonchev–Trinajstić information content (AvgIpc) is 2.75. The molecule has 0 fully saturated rings. The van der Waals surface area contributed by atoms with Gasteiger partial charge in [0.25, 0.3) is 11.8 Å². The monoisotopic (exact) mass is 284 g/mol. The molecule has 0 atom stereocenters. The molecular weight excluding hydrogens is 272 g/mol. The minimum atomic E-state index is -0.647. The van der Waals surface area contributed by atoms with Crippen molar-refractivity contribution in [2.75, 3.05) is 12.3 Å². The first-order valence-corrected chi connectivity index (χ1v) is 6.55. The molecule has 1 aliphatic heterocycles. The first-order valence-electron chi connectivity index (χ1n) is 6.55. The van der Waals surface area contributed by atoms with E-state index in [4.69, 9.17) is 5.73 Å². The number of anilines is 1. The van der Waals surface area contributed by atoms with Crippen LogP contribution >= 0.6 is 0 Å². The molecule has 6 heteroatoms. The number of benzene rings is 1. The second-order valence-corrected chi connectivity index (χ2v) is 4.96. The molecule has 0 bridgehead atoms. The molecule has 0 saturated carbocycles. The maximum atomic E-state index is 12.1. The van der Waals surface area contributed by atoms with Crippen LogP contribution in [0.5, 0.6) is 0 Å². The Balaban J connectivity index is 1.68. The third-order valence-electron chi connectivity index (χ3n) is 3.74. The lowest BCUT2D eigenvalue weighted by Crippen LogP contribution is -2.39. The molecule has 2 aromatic carbocycles. The number of hydrogen-bond acceptors (Lipinski definition) is 5. The van der Waals surface area contributed by atoms with Gasteiger partial charge in [0.1, 0.15) is 0 Å².